The number of rotatable bonds is 10. The summed E-state index contributed by atoms with van der Waals surface area (Å²) in [5.41, 5.74) is 2.47. The van der Waals surface area contributed by atoms with Gasteiger partial charge in [0, 0.05) is 11.4 Å². The van der Waals surface area contributed by atoms with Crippen LogP contribution in [0, 0.1) is 0 Å². The van der Waals surface area contributed by atoms with Crippen LogP contribution in [0.2, 0.25) is 0 Å². The summed E-state index contributed by atoms with van der Waals surface area (Å²) in [6, 6.07) is 20.6. The van der Waals surface area contributed by atoms with E-state index in [4.69, 9.17) is 9.47 Å². The van der Waals surface area contributed by atoms with Gasteiger partial charge < -0.3 is 14.6 Å². The van der Waals surface area contributed by atoms with Crippen LogP contribution in [0.25, 0.3) is 0 Å². The minimum atomic E-state index is -0.321. The molecule has 0 bridgehead atoms. The van der Waals surface area contributed by atoms with Crippen molar-refractivity contribution in [3.8, 4) is 0 Å². The first-order valence-corrected chi connectivity index (χ1v) is 11.2. The fourth-order valence-electron chi connectivity index (χ4n) is 3.77. The van der Waals surface area contributed by atoms with Gasteiger partial charge in [0.05, 0.1) is 24.9 Å². The molecular weight excluding hydrogens is 416 g/mol. The Morgan fingerprint density at radius 3 is 2.32 bits per heavy atom. The highest BCUT2D eigenvalue weighted by molar-refractivity contribution is 9.09. The Balaban J connectivity index is 1.36. The van der Waals surface area contributed by atoms with Crippen molar-refractivity contribution in [1.82, 2.24) is 0 Å². The average molecular weight is 447 g/mol. The van der Waals surface area contributed by atoms with Crippen molar-refractivity contribution in [3.63, 3.8) is 0 Å². The number of aliphatic hydroxyl groups excluding tert-OH is 1. The van der Waals surface area contributed by atoms with Gasteiger partial charge in [-0.15, -0.1) is 0 Å². The lowest BCUT2D eigenvalue weighted by molar-refractivity contribution is -0.0772. The fraction of sp³-hybridized carbons (Fsp3) is 0.500. The summed E-state index contributed by atoms with van der Waals surface area (Å²) in [6.07, 6.45) is 5.24. The summed E-state index contributed by atoms with van der Waals surface area (Å²) in [4.78, 5) is 0.451. The molecule has 0 radical (unpaired) electrons. The normalized spacial score (nSPS) is 23.4. The van der Waals surface area contributed by atoms with Crippen LogP contribution in [0.3, 0.4) is 0 Å². The topological polar surface area (TPSA) is 38.7 Å². The van der Waals surface area contributed by atoms with Gasteiger partial charge in [0.15, 0.2) is 0 Å². The molecule has 0 amide bonds. The molecule has 0 aromatic heterocycles. The highest BCUT2D eigenvalue weighted by atomic mass is 79.9. The second kappa shape index (κ2) is 11.7. The maximum absolute atomic E-state index is 10.5. The van der Waals surface area contributed by atoms with Crippen LogP contribution < -0.4 is 0 Å². The summed E-state index contributed by atoms with van der Waals surface area (Å²) in [7, 11) is 0. The van der Waals surface area contributed by atoms with Crippen molar-refractivity contribution >= 4 is 15.9 Å². The SMILES string of the molecule is OC(CCc1ccccc1)C[C@@H]1C[C@H](Br)C[C@H](CCOCc2ccccc2)O1. The van der Waals surface area contributed by atoms with E-state index in [1.165, 1.54) is 11.1 Å². The predicted molar refractivity (Wildman–Crippen MR) is 117 cm³/mol. The minimum absolute atomic E-state index is 0.114. The lowest BCUT2D eigenvalue weighted by Crippen LogP contribution is -2.36. The van der Waals surface area contributed by atoms with Crippen LogP contribution in [0.1, 0.15) is 43.2 Å². The van der Waals surface area contributed by atoms with Gasteiger partial charge in [-0.2, -0.15) is 0 Å². The number of aliphatic hydroxyl groups is 1. The van der Waals surface area contributed by atoms with E-state index >= 15 is 0 Å². The zero-order valence-electron chi connectivity index (χ0n) is 16.4. The molecule has 1 N–H and O–H groups in total. The van der Waals surface area contributed by atoms with E-state index in [0.717, 1.165) is 32.1 Å². The summed E-state index contributed by atoms with van der Waals surface area (Å²) in [5.74, 6) is 0. The monoisotopic (exact) mass is 446 g/mol. The molecule has 1 heterocycles. The molecule has 1 aliphatic rings. The van der Waals surface area contributed by atoms with Crippen LogP contribution >= 0.6 is 15.9 Å². The number of aryl methyl sites for hydroxylation is 1. The molecule has 1 aliphatic heterocycles. The Bertz CT molecular complexity index is 664. The minimum Gasteiger partial charge on any atom is -0.393 e. The van der Waals surface area contributed by atoms with Crippen LogP contribution in [-0.2, 0) is 22.5 Å². The van der Waals surface area contributed by atoms with Crippen LogP contribution in [0.4, 0.5) is 0 Å². The van der Waals surface area contributed by atoms with E-state index in [2.05, 4.69) is 40.2 Å². The Labute approximate surface area is 177 Å². The van der Waals surface area contributed by atoms with Gasteiger partial charge in [-0.1, -0.05) is 76.6 Å². The number of ether oxygens (including phenoxy) is 2. The molecule has 4 atom stereocenters. The van der Waals surface area contributed by atoms with Crippen molar-refractivity contribution < 1.29 is 14.6 Å². The van der Waals surface area contributed by atoms with Crippen LogP contribution in [0.15, 0.2) is 60.7 Å². The van der Waals surface area contributed by atoms with E-state index < -0.39 is 0 Å². The lowest BCUT2D eigenvalue weighted by atomic mass is 9.96. The van der Waals surface area contributed by atoms with E-state index in [-0.39, 0.29) is 18.3 Å². The molecule has 3 nitrogen and oxygen atoms in total. The molecule has 152 valence electrons. The molecule has 0 saturated carbocycles. The molecule has 2 aromatic rings. The molecule has 28 heavy (non-hydrogen) atoms. The summed E-state index contributed by atoms with van der Waals surface area (Å²) < 4.78 is 12.1. The molecular formula is C24H31BrO3. The van der Waals surface area contributed by atoms with Crippen molar-refractivity contribution in [3.05, 3.63) is 71.8 Å². The van der Waals surface area contributed by atoms with Gasteiger partial charge in [-0.3, -0.25) is 0 Å². The first-order valence-electron chi connectivity index (χ1n) is 10.3. The summed E-state index contributed by atoms with van der Waals surface area (Å²) in [5, 5.41) is 10.5. The van der Waals surface area contributed by atoms with Crippen LogP contribution in [0.5, 0.6) is 0 Å². The first-order chi connectivity index (χ1) is 13.7. The van der Waals surface area contributed by atoms with Gasteiger partial charge >= 0.3 is 0 Å². The third-order valence-electron chi connectivity index (χ3n) is 5.26. The second-order valence-electron chi connectivity index (χ2n) is 7.69. The Morgan fingerprint density at radius 2 is 1.61 bits per heavy atom. The Hall–Kier alpha value is -1.20. The fourth-order valence-corrected chi connectivity index (χ4v) is 4.60. The summed E-state index contributed by atoms with van der Waals surface area (Å²) in [6.45, 7) is 1.34. The molecule has 0 aliphatic carbocycles. The van der Waals surface area contributed by atoms with E-state index in [9.17, 15) is 5.11 Å². The zero-order valence-corrected chi connectivity index (χ0v) is 18.0. The molecule has 2 aromatic carbocycles. The van der Waals surface area contributed by atoms with Gasteiger partial charge in [-0.05, 0) is 49.7 Å². The second-order valence-corrected chi connectivity index (χ2v) is 8.98. The molecule has 1 unspecified atom stereocenters. The maximum atomic E-state index is 10.5. The molecule has 3 rings (SSSR count). The summed E-state index contributed by atoms with van der Waals surface area (Å²) >= 11 is 3.78. The standard InChI is InChI=1S/C24H31BrO3/c25-21-15-23(13-14-27-18-20-9-5-2-6-10-20)28-24(16-21)17-22(26)12-11-19-7-3-1-4-8-19/h1-10,21-24,26H,11-18H2/t21-,22?,23+,24+/m1/s1. The van der Waals surface area contributed by atoms with Crippen molar-refractivity contribution in [1.29, 1.82) is 0 Å². The van der Waals surface area contributed by atoms with Crippen molar-refractivity contribution in [2.45, 2.75) is 68.3 Å². The third-order valence-corrected chi connectivity index (χ3v) is 6.01. The number of hydrogen-bond acceptors (Lipinski definition) is 3. The smallest absolute Gasteiger partial charge is 0.0716 e. The molecule has 1 fully saturated rings. The Morgan fingerprint density at radius 1 is 0.964 bits per heavy atom. The van der Waals surface area contributed by atoms with Gasteiger partial charge in [0.1, 0.15) is 0 Å². The molecule has 0 spiro atoms. The largest absolute Gasteiger partial charge is 0.393 e. The first kappa shape index (κ1) is 21.5. The van der Waals surface area contributed by atoms with Crippen molar-refractivity contribution in [2.24, 2.45) is 0 Å². The van der Waals surface area contributed by atoms with Gasteiger partial charge in [0.2, 0.25) is 0 Å². The average Bonchev–Trinajstić information content (AvgIpc) is 2.71. The molecule has 4 heteroatoms. The van der Waals surface area contributed by atoms with E-state index in [0.29, 0.717) is 24.5 Å². The number of hydrogen-bond donors (Lipinski definition) is 1. The Kier molecular flexibility index (Phi) is 9.00. The van der Waals surface area contributed by atoms with Gasteiger partial charge in [0.25, 0.3) is 0 Å². The van der Waals surface area contributed by atoms with Crippen LogP contribution in [-0.4, -0.2) is 34.9 Å². The van der Waals surface area contributed by atoms with Gasteiger partial charge in [-0.25, -0.2) is 0 Å². The number of alkyl halides is 1. The third kappa shape index (κ3) is 7.67. The quantitative estimate of drug-likeness (QED) is 0.398. The lowest BCUT2D eigenvalue weighted by Gasteiger charge is -2.34. The van der Waals surface area contributed by atoms with E-state index in [1.807, 2.05) is 36.4 Å². The number of halogens is 1. The van der Waals surface area contributed by atoms with Crippen molar-refractivity contribution in [2.75, 3.05) is 6.61 Å². The predicted octanol–water partition coefficient (Wildman–Crippen LogP) is 5.29. The molecule has 1 saturated heterocycles. The maximum Gasteiger partial charge on any atom is 0.0716 e. The highest BCUT2D eigenvalue weighted by Crippen LogP contribution is 2.29. The zero-order chi connectivity index (χ0) is 19.6. The highest BCUT2D eigenvalue weighted by Gasteiger charge is 2.29. The van der Waals surface area contributed by atoms with E-state index in [1.54, 1.807) is 0 Å². The number of benzene rings is 2.